The highest BCUT2D eigenvalue weighted by Crippen LogP contribution is 2.36. The van der Waals surface area contributed by atoms with Gasteiger partial charge >= 0.3 is 0 Å². The highest BCUT2D eigenvalue weighted by molar-refractivity contribution is 5.96. The van der Waals surface area contributed by atoms with Gasteiger partial charge in [0.15, 0.2) is 6.29 Å². The summed E-state index contributed by atoms with van der Waals surface area (Å²) >= 11 is 0. The van der Waals surface area contributed by atoms with Gasteiger partial charge in [-0.3, -0.25) is 4.79 Å². The second-order valence-electron chi connectivity index (χ2n) is 7.25. The molecule has 4 heteroatoms. The topological polar surface area (TPSA) is 29.5 Å². The Morgan fingerprint density at radius 3 is 2.67 bits per heavy atom. The standard InChI is InChI=1S/C23H22FNO2/c1-16-12-25(13-17-7-9-20(24)10-8-17)22(14-26)23(16)19-3-2-4-21(11-19)27-15-18-5-6-18/h2-4,7-11,14,18H,1,5-6,12-13,15H2. The molecule has 3 nitrogen and oxygen atoms in total. The summed E-state index contributed by atoms with van der Waals surface area (Å²) in [5.74, 6) is 1.24. The van der Waals surface area contributed by atoms with Crippen molar-refractivity contribution in [2.75, 3.05) is 13.2 Å². The van der Waals surface area contributed by atoms with Crippen molar-refractivity contribution in [1.29, 1.82) is 0 Å². The molecular weight excluding hydrogens is 341 g/mol. The molecule has 0 amide bonds. The fraction of sp³-hybridized carbons (Fsp3) is 0.261. The summed E-state index contributed by atoms with van der Waals surface area (Å²) in [6, 6.07) is 14.2. The van der Waals surface area contributed by atoms with Gasteiger partial charge in [0.05, 0.1) is 12.3 Å². The summed E-state index contributed by atoms with van der Waals surface area (Å²) in [6.07, 6.45) is 3.37. The van der Waals surface area contributed by atoms with Crippen LogP contribution in [0.25, 0.3) is 5.57 Å². The fourth-order valence-electron chi connectivity index (χ4n) is 3.41. The number of aldehydes is 1. The second kappa shape index (κ2) is 7.39. The van der Waals surface area contributed by atoms with Crippen molar-refractivity contribution >= 4 is 11.9 Å². The third-order valence-electron chi connectivity index (χ3n) is 5.04. The van der Waals surface area contributed by atoms with E-state index in [9.17, 15) is 9.18 Å². The smallest absolute Gasteiger partial charge is 0.166 e. The quantitative estimate of drug-likeness (QED) is 0.674. The maximum Gasteiger partial charge on any atom is 0.166 e. The third kappa shape index (κ3) is 3.95. The number of ether oxygens (including phenoxy) is 1. The predicted molar refractivity (Wildman–Crippen MR) is 104 cm³/mol. The first kappa shape index (κ1) is 17.5. The molecule has 2 aromatic rings. The minimum atomic E-state index is -0.264. The van der Waals surface area contributed by atoms with E-state index in [4.69, 9.17) is 4.74 Å². The molecule has 2 aliphatic rings. The van der Waals surface area contributed by atoms with Crippen LogP contribution in [0.5, 0.6) is 5.75 Å². The maximum atomic E-state index is 13.1. The first-order valence-corrected chi connectivity index (χ1v) is 9.24. The summed E-state index contributed by atoms with van der Waals surface area (Å²) in [4.78, 5) is 13.8. The lowest BCUT2D eigenvalue weighted by molar-refractivity contribution is -0.106. The van der Waals surface area contributed by atoms with Crippen LogP contribution in [0.2, 0.25) is 0 Å². The number of halogens is 1. The van der Waals surface area contributed by atoms with Crippen LogP contribution in [-0.2, 0) is 11.3 Å². The summed E-state index contributed by atoms with van der Waals surface area (Å²) in [6.45, 7) is 6.04. The van der Waals surface area contributed by atoms with Gasteiger partial charge in [0.25, 0.3) is 0 Å². The molecule has 0 bridgehead atoms. The van der Waals surface area contributed by atoms with Gasteiger partial charge in [-0.05, 0) is 59.7 Å². The number of hydrogen-bond donors (Lipinski definition) is 0. The molecule has 0 saturated heterocycles. The molecule has 1 heterocycles. The predicted octanol–water partition coefficient (Wildman–Crippen LogP) is 4.60. The first-order chi connectivity index (χ1) is 13.1. The lowest BCUT2D eigenvalue weighted by Gasteiger charge is -2.19. The minimum Gasteiger partial charge on any atom is -0.493 e. The van der Waals surface area contributed by atoms with Crippen molar-refractivity contribution < 1.29 is 13.9 Å². The van der Waals surface area contributed by atoms with Crippen LogP contribution in [-0.4, -0.2) is 24.3 Å². The Morgan fingerprint density at radius 1 is 1.19 bits per heavy atom. The van der Waals surface area contributed by atoms with Crippen LogP contribution >= 0.6 is 0 Å². The average molecular weight is 363 g/mol. The zero-order valence-corrected chi connectivity index (χ0v) is 15.2. The van der Waals surface area contributed by atoms with E-state index in [-0.39, 0.29) is 5.82 Å². The maximum absolute atomic E-state index is 13.1. The van der Waals surface area contributed by atoms with Crippen molar-refractivity contribution in [2.45, 2.75) is 19.4 Å². The monoisotopic (exact) mass is 363 g/mol. The Bertz CT molecular complexity index is 897. The van der Waals surface area contributed by atoms with Gasteiger partial charge in [-0.1, -0.05) is 30.8 Å². The van der Waals surface area contributed by atoms with Crippen LogP contribution in [0.3, 0.4) is 0 Å². The number of benzene rings is 2. The Hall–Kier alpha value is -2.88. The highest BCUT2D eigenvalue weighted by atomic mass is 19.1. The van der Waals surface area contributed by atoms with Crippen molar-refractivity contribution in [3.8, 4) is 5.75 Å². The molecule has 1 saturated carbocycles. The van der Waals surface area contributed by atoms with E-state index >= 15 is 0 Å². The Morgan fingerprint density at radius 2 is 1.96 bits per heavy atom. The summed E-state index contributed by atoms with van der Waals surface area (Å²) < 4.78 is 19.0. The molecule has 138 valence electrons. The molecule has 0 spiro atoms. The normalized spacial score (nSPS) is 16.8. The lowest BCUT2D eigenvalue weighted by Crippen LogP contribution is -2.20. The molecule has 2 aromatic carbocycles. The van der Waals surface area contributed by atoms with E-state index in [1.54, 1.807) is 12.1 Å². The van der Waals surface area contributed by atoms with Crippen molar-refractivity contribution in [2.24, 2.45) is 5.92 Å². The zero-order chi connectivity index (χ0) is 18.8. The molecule has 0 aromatic heterocycles. The molecule has 1 aliphatic heterocycles. The summed E-state index contributed by atoms with van der Waals surface area (Å²) in [5, 5.41) is 0. The Kier molecular flexibility index (Phi) is 4.80. The van der Waals surface area contributed by atoms with Crippen LogP contribution < -0.4 is 4.74 Å². The number of hydrogen-bond acceptors (Lipinski definition) is 3. The van der Waals surface area contributed by atoms with Crippen LogP contribution in [0.15, 0.2) is 66.4 Å². The van der Waals surface area contributed by atoms with Gasteiger partial charge < -0.3 is 9.64 Å². The Labute approximate surface area is 158 Å². The van der Waals surface area contributed by atoms with Gasteiger partial charge in [0.2, 0.25) is 0 Å². The largest absolute Gasteiger partial charge is 0.493 e. The number of carbonyl (C=O) groups excluding carboxylic acids is 1. The third-order valence-corrected chi connectivity index (χ3v) is 5.04. The minimum absolute atomic E-state index is 0.264. The van der Waals surface area contributed by atoms with Crippen molar-refractivity contribution in [3.05, 3.63) is 83.3 Å². The number of carbonyl (C=O) groups is 1. The van der Waals surface area contributed by atoms with E-state index in [1.165, 1.54) is 25.0 Å². The number of nitrogens with zero attached hydrogens (tertiary/aromatic N) is 1. The van der Waals surface area contributed by atoms with E-state index in [2.05, 4.69) is 6.58 Å². The highest BCUT2D eigenvalue weighted by Gasteiger charge is 2.27. The molecule has 1 fully saturated rings. The lowest BCUT2D eigenvalue weighted by atomic mass is 10.00. The van der Waals surface area contributed by atoms with Crippen LogP contribution in [0, 0.1) is 11.7 Å². The van der Waals surface area contributed by atoms with E-state index in [0.717, 1.165) is 40.9 Å². The SMILES string of the molecule is C=C1CN(Cc2ccc(F)cc2)C(C=O)=C1c1cccc(OCC2CC2)c1. The second-order valence-corrected chi connectivity index (χ2v) is 7.25. The van der Waals surface area contributed by atoms with Gasteiger partial charge in [-0.25, -0.2) is 4.39 Å². The molecular formula is C23H22FNO2. The molecule has 0 N–H and O–H groups in total. The molecule has 1 aliphatic carbocycles. The zero-order valence-electron chi connectivity index (χ0n) is 15.2. The van der Waals surface area contributed by atoms with Gasteiger partial charge in [-0.2, -0.15) is 0 Å². The fourth-order valence-corrected chi connectivity index (χ4v) is 3.41. The molecule has 27 heavy (non-hydrogen) atoms. The van der Waals surface area contributed by atoms with Gasteiger partial charge in [0.1, 0.15) is 11.6 Å². The molecule has 4 rings (SSSR count). The van der Waals surface area contributed by atoms with E-state index < -0.39 is 0 Å². The summed E-state index contributed by atoms with van der Waals surface area (Å²) in [7, 11) is 0. The number of allylic oxidation sites excluding steroid dienone is 1. The van der Waals surface area contributed by atoms with Crippen molar-refractivity contribution in [3.63, 3.8) is 0 Å². The molecule has 0 atom stereocenters. The van der Waals surface area contributed by atoms with Crippen molar-refractivity contribution in [1.82, 2.24) is 4.90 Å². The Balaban J connectivity index is 1.59. The first-order valence-electron chi connectivity index (χ1n) is 9.24. The van der Waals surface area contributed by atoms with Gasteiger partial charge in [-0.15, -0.1) is 0 Å². The van der Waals surface area contributed by atoms with E-state index in [1.807, 2.05) is 29.2 Å². The average Bonchev–Trinajstić information content (AvgIpc) is 3.45. The van der Waals surface area contributed by atoms with Gasteiger partial charge in [0, 0.05) is 18.7 Å². The van der Waals surface area contributed by atoms with Crippen LogP contribution in [0.4, 0.5) is 4.39 Å². The van der Waals surface area contributed by atoms with Crippen LogP contribution in [0.1, 0.15) is 24.0 Å². The van der Waals surface area contributed by atoms with E-state index in [0.29, 0.717) is 24.7 Å². The molecule has 0 radical (unpaired) electrons. The summed E-state index contributed by atoms with van der Waals surface area (Å²) in [5.41, 5.74) is 4.27. The number of rotatable bonds is 7. The molecule has 0 unspecified atom stereocenters.